The second-order valence-corrected chi connectivity index (χ2v) is 9.34. The summed E-state index contributed by atoms with van der Waals surface area (Å²) in [7, 11) is 1.59. The number of hydrogen-bond acceptors (Lipinski definition) is 9. The number of H-pyrrole nitrogens is 1. The topological polar surface area (TPSA) is 133 Å². The molecule has 1 aliphatic rings. The van der Waals surface area contributed by atoms with E-state index in [0.717, 1.165) is 11.1 Å². The van der Waals surface area contributed by atoms with Gasteiger partial charge in [-0.2, -0.15) is 5.21 Å². The Hall–Kier alpha value is -5.78. The Bertz CT molecular complexity index is 1810. The number of hydrogen-bond donors (Lipinski definition) is 2. The molecule has 0 fully saturated rings. The molecule has 5 aromatic rings. The van der Waals surface area contributed by atoms with Crippen molar-refractivity contribution in [3.8, 4) is 51.4 Å². The molecule has 0 radical (unpaired) electrons. The molecule has 0 atom stereocenters. The van der Waals surface area contributed by atoms with Crippen molar-refractivity contribution in [2.24, 2.45) is 0 Å². The summed E-state index contributed by atoms with van der Waals surface area (Å²) in [6.45, 7) is 2.12. The summed E-state index contributed by atoms with van der Waals surface area (Å²) in [5.74, 6) is 1.73. The van der Waals surface area contributed by atoms with Crippen molar-refractivity contribution in [2.75, 3.05) is 20.4 Å². The van der Waals surface area contributed by atoms with Gasteiger partial charge >= 0.3 is 0 Å². The summed E-state index contributed by atoms with van der Waals surface area (Å²) in [6.07, 6.45) is 3.59. The van der Waals surface area contributed by atoms with Crippen LogP contribution < -0.4 is 24.3 Å². The van der Waals surface area contributed by atoms with E-state index in [-0.39, 0.29) is 30.6 Å². The number of benzene rings is 3. The maximum absolute atomic E-state index is 14.1. The number of methoxy groups -OCH3 is 1. The van der Waals surface area contributed by atoms with E-state index in [1.54, 1.807) is 37.5 Å². The summed E-state index contributed by atoms with van der Waals surface area (Å²) in [4.78, 5) is 17.3. The lowest BCUT2D eigenvalue weighted by molar-refractivity contribution is 0.0954. The predicted molar refractivity (Wildman–Crippen MR) is 155 cm³/mol. The summed E-state index contributed by atoms with van der Waals surface area (Å²) in [6, 6.07) is 18.5. The molecule has 3 heterocycles. The minimum atomic E-state index is -0.589. The van der Waals surface area contributed by atoms with Crippen LogP contribution in [-0.2, 0) is 0 Å². The van der Waals surface area contributed by atoms with Gasteiger partial charge in [0, 0.05) is 29.4 Å². The molecule has 3 aromatic carbocycles. The van der Waals surface area contributed by atoms with Gasteiger partial charge in [0.05, 0.1) is 18.2 Å². The van der Waals surface area contributed by atoms with E-state index in [2.05, 4.69) is 25.9 Å². The molecule has 0 aliphatic carbocycles. The van der Waals surface area contributed by atoms with Gasteiger partial charge in [0.15, 0.2) is 11.5 Å². The number of tetrazole rings is 1. The predicted octanol–water partition coefficient (Wildman–Crippen LogP) is 5.35. The van der Waals surface area contributed by atoms with Crippen LogP contribution in [0.2, 0.25) is 0 Å². The summed E-state index contributed by atoms with van der Waals surface area (Å²) in [5.41, 5.74) is 3.32. The molecule has 2 aromatic heterocycles. The zero-order valence-electron chi connectivity index (χ0n) is 23.1. The molecule has 43 heavy (non-hydrogen) atoms. The Labute approximate surface area is 245 Å². The Morgan fingerprint density at radius 1 is 1.05 bits per heavy atom. The van der Waals surface area contributed by atoms with Crippen molar-refractivity contribution in [1.29, 1.82) is 0 Å². The fourth-order valence-corrected chi connectivity index (χ4v) is 4.62. The molecular formula is C31H25FN6O5. The number of ether oxygens (including phenoxy) is 4. The Balaban J connectivity index is 1.42. The summed E-state index contributed by atoms with van der Waals surface area (Å²) in [5, 5.41) is 17.5. The highest BCUT2D eigenvalue weighted by molar-refractivity contribution is 5.95. The molecule has 0 unspecified atom stereocenters. The van der Waals surface area contributed by atoms with Crippen molar-refractivity contribution in [3.63, 3.8) is 0 Å². The first-order valence-corrected chi connectivity index (χ1v) is 13.2. The normalized spacial score (nSPS) is 12.0. The van der Waals surface area contributed by atoms with Gasteiger partial charge in [-0.25, -0.2) is 9.37 Å². The number of fused-ring (bicyclic) bond motifs is 1. The van der Waals surface area contributed by atoms with Crippen molar-refractivity contribution < 1.29 is 28.1 Å². The zero-order chi connectivity index (χ0) is 29.8. The number of pyridine rings is 1. The molecule has 1 amide bonds. The Morgan fingerprint density at radius 2 is 1.84 bits per heavy atom. The van der Waals surface area contributed by atoms with Crippen LogP contribution in [0.1, 0.15) is 21.6 Å². The number of rotatable bonds is 9. The number of aromatic nitrogens is 5. The van der Waals surface area contributed by atoms with Gasteiger partial charge in [-0.15, -0.1) is 10.2 Å². The number of nitrogens with one attached hydrogen (secondary N) is 2. The molecular weight excluding hydrogens is 555 g/mol. The third-order valence-electron chi connectivity index (χ3n) is 6.68. The molecule has 0 saturated carbocycles. The van der Waals surface area contributed by atoms with Gasteiger partial charge in [0.25, 0.3) is 5.91 Å². The highest BCUT2D eigenvalue weighted by Gasteiger charge is 2.25. The van der Waals surface area contributed by atoms with E-state index in [9.17, 15) is 9.18 Å². The number of aryl methyl sites for hydroxylation is 1. The minimum absolute atomic E-state index is 0.0305. The third-order valence-corrected chi connectivity index (χ3v) is 6.68. The van der Waals surface area contributed by atoms with Gasteiger partial charge in [0.1, 0.15) is 17.3 Å². The van der Waals surface area contributed by atoms with Gasteiger partial charge in [-0.05, 0) is 54.1 Å². The first-order valence-electron chi connectivity index (χ1n) is 13.2. The molecule has 0 spiro atoms. The molecule has 216 valence electrons. The smallest absolute Gasteiger partial charge is 0.254 e. The molecule has 6 rings (SSSR count). The molecule has 0 saturated heterocycles. The van der Waals surface area contributed by atoms with Crippen LogP contribution in [0.3, 0.4) is 0 Å². The number of carbonyl (C=O) groups is 1. The summed E-state index contributed by atoms with van der Waals surface area (Å²) < 4.78 is 36.7. The third kappa shape index (κ3) is 5.71. The lowest BCUT2D eigenvalue weighted by Gasteiger charge is -2.18. The van der Waals surface area contributed by atoms with Gasteiger partial charge in [0.2, 0.25) is 18.5 Å². The minimum Gasteiger partial charge on any atom is -0.497 e. The highest BCUT2D eigenvalue weighted by atomic mass is 19.1. The number of aromatic amines is 1. The van der Waals surface area contributed by atoms with Crippen LogP contribution in [-0.4, -0.2) is 52.0 Å². The molecule has 1 aliphatic heterocycles. The second-order valence-electron chi connectivity index (χ2n) is 9.34. The summed E-state index contributed by atoms with van der Waals surface area (Å²) >= 11 is 0. The van der Waals surface area contributed by atoms with Crippen LogP contribution in [0.5, 0.6) is 28.9 Å². The zero-order valence-corrected chi connectivity index (χ0v) is 23.1. The van der Waals surface area contributed by atoms with Crippen LogP contribution in [0.25, 0.3) is 28.6 Å². The van der Waals surface area contributed by atoms with Crippen LogP contribution in [0, 0.1) is 12.7 Å². The maximum atomic E-state index is 14.1. The molecule has 2 N–H and O–H groups in total. The fraction of sp³-hybridized carbons (Fsp3) is 0.129. The van der Waals surface area contributed by atoms with Crippen molar-refractivity contribution >= 4 is 12.0 Å². The average Bonchev–Trinajstić information content (AvgIpc) is 3.72. The number of amides is 1. The molecule has 11 nitrogen and oxygen atoms in total. The number of carbonyl (C=O) groups excluding carboxylic acids is 1. The monoisotopic (exact) mass is 580 g/mol. The standard InChI is InChI=1S/C31H25FN6O5/c1-18-22(7-5-15-33-30(39)23-6-3-4-8-24(23)32)27(19-9-11-20(40-2)12-10-19)28(29-35-37-38-36-29)31(34-18)43-21-13-14-25-26(16-21)42-17-41-25/h3-14,16H,15,17H2,1-2H3,(H,33,39)(H,35,36,37,38). The first-order chi connectivity index (χ1) is 21.0. The fourth-order valence-electron chi connectivity index (χ4n) is 4.62. The van der Waals surface area contributed by atoms with Crippen molar-refractivity contribution in [1.82, 2.24) is 30.9 Å². The van der Waals surface area contributed by atoms with Gasteiger partial charge < -0.3 is 24.3 Å². The van der Waals surface area contributed by atoms with Crippen LogP contribution in [0.4, 0.5) is 4.39 Å². The Morgan fingerprint density at radius 3 is 2.60 bits per heavy atom. The van der Waals surface area contributed by atoms with E-state index < -0.39 is 11.7 Å². The first kappa shape index (κ1) is 27.4. The van der Waals surface area contributed by atoms with E-state index in [1.165, 1.54) is 18.2 Å². The molecule has 12 heteroatoms. The lowest BCUT2D eigenvalue weighted by atomic mass is 9.93. The molecule has 0 bridgehead atoms. The van der Waals surface area contributed by atoms with Gasteiger partial charge in [-0.3, -0.25) is 4.79 Å². The average molecular weight is 581 g/mol. The van der Waals surface area contributed by atoms with Gasteiger partial charge in [-0.1, -0.05) is 36.4 Å². The SMILES string of the molecule is COc1ccc(-c2c(C=CCNC(=O)c3ccccc3F)c(C)nc(Oc3ccc4c(c3)OCO4)c2-c2nn[nH]n2)cc1. The van der Waals surface area contributed by atoms with Crippen molar-refractivity contribution in [2.45, 2.75) is 6.92 Å². The number of halogens is 1. The van der Waals surface area contributed by atoms with E-state index >= 15 is 0 Å². The van der Waals surface area contributed by atoms with Crippen LogP contribution in [0.15, 0.2) is 72.8 Å². The van der Waals surface area contributed by atoms with Crippen molar-refractivity contribution in [3.05, 3.63) is 95.4 Å². The highest BCUT2D eigenvalue weighted by Crippen LogP contribution is 2.44. The lowest BCUT2D eigenvalue weighted by Crippen LogP contribution is -2.24. The van der Waals surface area contributed by atoms with E-state index in [1.807, 2.05) is 37.3 Å². The quantitative estimate of drug-likeness (QED) is 0.237. The largest absolute Gasteiger partial charge is 0.497 e. The van der Waals surface area contributed by atoms with E-state index in [4.69, 9.17) is 23.9 Å². The van der Waals surface area contributed by atoms with E-state index in [0.29, 0.717) is 39.8 Å². The second kappa shape index (κ2) is 12.0. The Kier molecular flexibility index (Phi) is 7.64. The maximum Gasteiger partial charge on any atom is 0.254 e. The van der Waals surface area contributed by atoms with Crippen LogP contribution >= 0.6 is 0 Å². The number of nitrogens with zero attached hydrogens (tertiary/aromatic N) is 4.